The van der Waals surface area contributed by atoms with Crippen LogP contribution in [0.5, 0.6) is 5.75 Å². The fourth-order valence-electron chi connectivity index (χ4n) is 2.49. The molecule has 19 heavy (non-hydrogen) atoms. The molecule has 4 heteroatoms. The predicted molar refractivity (Wildman–Crippen MR) is 87.7 cm³/mol. The van der Waals surface area contributed by atoms with Crippen LogP contribution in [0.1, 0.15) is 33.2 Å². The van der Waals surface area contributed by atoms with Crippen LogP contribution in [-0.2, 0) is 0 Å². The maximum atomic E-state index is 5.74. The molecule has 2 atom stereocenters. The standard InChI is InChI=1S/C15H14Br2OS/c1-9-8-13(19-15(9)17)14(16)11-6-7-18-12-5-3-2-4-10(11)12/h2-5,8,11,14H,6-7H2,1H3. The lowest BCUT2D eigenvalue weighted by Crippen LogP contribution is -2.17. The first-order valence-electron chi connectivity index (χ1n) is 6.28. The van der Waals surface area contributed by atoms with Gasteiger partial charge in [0, 0.05) is 10.8 Å². The van der Waals surface area contributed by atoms with Crippen molar-refractivity contribution in [1.29, 1.82) is 0 Å². The average Bonchev–Trinajstić information content (AvgIpc) is 2.77. The number of benzene rings is 1. The minimum absolute atomic E-state index is 0.354. The Kier molecular flexibility index (Phi) is 4.01. The number of hydrogen-bond donors (Lipinski definition) is 0. The topological polar surface area (TPSA) is 9.23 Å². The molecule has 0 bridgehead atoms. The van der Waals surface area contributed by atoms with Crippen LogP contribution >= 0.6 is 43.2 Å². The minimum atomic E-state index is 0.354. The summed E-state index contributed by atoms with van der Waals surface area (Å²) in [6.45, 7) is 2.94. The van der Waals surface area contributed by atoms with E-state index in [1.54, 1.807) is 0 Å². The van der Waals surface area contributed by atoms with Gasteiger partial charge in [0.15, 0.2) is 0 Å². The molecule has 1 nitrogen and oxygen atoms in total. The monoisotopic (exact) mass is 400 g/mol. The van der Waals surface area contributed by atoms with Crippen LogP contribution in [0.25, 0.3) is 0 Å². The summed E-state index contributed by atoms with van der Waals surface area (Å²) in [5, 5.41) is 0. The molecular formula is C15H14Br2OS. The maximum Gasteiger partial charge on any atom is 0.122 e. The average molecular weight is 402 g/mol. The van der Waals surface area contributed by atoms with Gasteiger partial charge < -0.3 is 4.74 Å². The van der Waals surface area contributed by atoms with E-state index >= 15 is 0 Å². The highest BCUT2D eigenvalue weighted by atomic mass is 79.9. The molecule has 100 valence electrons. The number of rotatable bonds is 2. The van der Waals surface area contributed by atoms with Gasteiger partial charge in [-0.15, -0.1) is 11.3 Å². The van der Waals surface area contributed by atoms with Crippen LogP contribution in [0.3, 0.4) is 0 Å². The molecule has 0 N–H and O–H groups in total. The molecule has 0 amide bonds. The molecule has 1 aromatic heterocycles. The third-order valence-corrected chi connectivity index (χ3v) is 7.16. The van der Waals surface area contributed by atoms with Crippen LogP contribution in [0.4, 0.5) is 0 Å². The summed E-state index contributed by atoms with van der Waals surface area (Å²) in [5.41, 5.74) is 2.63. The van der Waals surface area contributed by atoms with Gasteiger partial charge in [0.2, 0.25) is 0 Å². The lowest BCUT2D eigenvalue weighted by Gasteiger charge is -2.29. The van der Waals surface area contributed by atoms with Crippen molar-refractivity contribution in [2.45, 2.75) is 24.1 Å². The van der Waals surface area contributed by atoms with Gasteiger partial charge in [-0.2, -0.15) is 0 Å². The molecule has 2 heterocycles. The van der Waals surface area contributed by atoms with E-state index in [2.05, 4.69) is 63.0 Å². The largest absolute Gasteiger partial charge is 0.493 e. The van der Waals surface area contributed by atoms with E-state index in [-0.39, 0.29) is 0 Å². The zero-order valence-electron chi connectivity index (χ0n) is 10.5. The second-order valence-electron chi connectivity index (χ2n) is 4.79. The number of hydrogen-bond acceptors (Lipinski definition) is 2. The van der Waals surface area contributed by atoms with Crippen LogP contribution in [-0.4, -0.2) is 6.61 Å². The Morgan fingerprint density at radius 3 is 2.89 bits per heavy atom. The molecule has 1 aromatic carbocycles. The van der Waals surface area contributed by atoms with Gasteiger partial charge in [-0.05, 0) is 52.5 Å². The molecule has 0 radical (unpaired) electrons. The van der Waals surface area contributed by atoms with E-state index in [0.717, 1.165) is 18.8 Å². The van der Waals surface area contributed by atoms with Gasteiger partial charge in [-0.25, -0.2) is 0 Å². The van der Waals surface area contributed by atoms with Crippen molar-refractivity contribution in [2.24, 2.45) is 0 Å². The van der Waals surface area contributed by atoms with E-state index in [1.807, 2.05) is 17.4 Å². The van der Waals surface area contributed by atoms with Crippen LogP contribution < -0.4 is 4.74 Å². The number of para-hydroxylation sites is 1. The number of ether oxygens (including phenoxy) is 1. The van der Waals surface area contributed by atoms with E-state index in [0.29, 0.717) is 10.7 Å². The number of aryl methyl sites for hydroxylation is 1. The summed E-state index contributed by atoms with van der Waals surface area (Å²) in [6.07, 6.45) is 1.06. The molecular weight excluding hydrogens is 388 g/mol. The summed E-state index contributed by atoms with van der Waals surface area (Å²) in [6, 6.07) is 10.7. The van der Waals surface area contributed by atoms with E-state index in [4.69, 9.17) is 4.74 Å². The first-order chi connectivity index (χ1) is 9.16. The Morgan fingerprint density at radius 1 is 1.37 bits per heavy atom. The number of thiophene rings is 1. The van der Waals surface area contributed by atoms with Crippen molar-refractivity contribution in [3.8, 4) is 5.75 Å². The third kappa shape index (κ3) is 2.63. The van der Waals surface area contributed by atoms with Crippen molar-refractivity contribution in [2.75, 3.05) is 6.61 Å². The molecule has 0 saturated heterocycles. The summed E-state index contributed by atoms with van der Waals surface area (Å²) in [4.78, 5) is 1.73. The molecule has 0 aliphatic carbocycles. The van der Waals surface area contributed by atoms with Crippen LogP contribution in [0.15, 0.2) is 34.1 Å². The molecule has 1 aliphatic rings. The van der Waals surface area contributed by atoms with Gasteiger partial charge in [0.1, 0.15) is 5.75 Å². The minimum Gasteiger partial charge on any atom is -0.493 e. The summed E-state index contributed by atoms with van der Waals surface area (Å²) in [5.74, 6) is 1.52. The lowest BCUT2D eigenvalue weighted by atomic mass is 9.89. The Bertz CT molecular complexity index is 574. The van der Waals surface area contributed by atoms with Gasteiger partial charge in [0.25, 0.3) is 0 Å². The highest BCUT2D eigenvalue weighted by Crippen LogP contribution is 2.48. The van der Waals surface area contributed by atoms with Gasteiger partial charge in [-0.1, -0.05) is 34.1 Å². The second-order valence-corrected chi connectivity index (χ2v) is 8.18. The van der Waals surface area contributed by atoms with Gasteiger partial charge in [0.05, 0.1) is 15.2 Å². The quantitative estimate of drug-likeness (QED) is 0.576. The Balaban J connectivity index is 1.95. The fourth-order valence-corrected chi connectivity index (χ4v) is 5.07. The number of alkyl halides is 1. The van der Waals surface area contributed by atoms with Crippen LogP contribution in [0, 0.1) is 6.92 Å². The first kappa shape index (κ1) is 13.7. The normalized spacial score (nSPS) is 19.6. The van der Waals surface area contributed by atoms with Gasteiger partial charge in [-0.3, -0.25) is 0 Å². The maximum absolute atomic E-state index is 5.74. The lowest BCUT2D eigenvalue weighted by molar-refractivity contribution is 0.266. The molecule has 0 fully saturated rings. The smallest absolute Gasteiger partial charge is 0.122 e. The van der Waals surface area contributed by atoms with Crippen molar-refractivity contribution in [3.05, 3.63) is 50.1 Å². The third-order valence-electron chi connectivity index (χ3n) is 3.51. The van der Waals surface area contributed by atoms with E-state index in [1.165, 1.54) is 19.8 Å². The van der Waals surface area contributed by atoms with Gasteiger partial charge >= 0.3 is 0 Å². The number of halogens is 2. The molecule has 1 aliphatic heterocycles. The molecule has 2 unspecified atom stereocenters. The molecule has 2 aromatic rings. The highest BCUT2D eigenvalue weighted by Gasteiger charge is 2.29. The predicted octanol–water partition coefficient (Wildman–Crippen LogP) is 5.82. The second kappa shape index (κ2) is 5.58. The van der Waals surface area contributed by atoms with Crippen LogP contribution in [0.2, 0.25) is 0 Å². The fraction of sp³-hybridized carbons (Fsp3) is 0.333. The molecule has 3 rings (SSSR count). The molecule has 0 saturated carbocycles. The van der Waals surface area contributed by atoms with E-state index < -0.39 is 0 Å². The Hall–Kier alpha value is -0.320. The Morgan fingerprint density at radius 2 is 2.16 bits per heavy atom. The molecule has 0 spiro atoms. The Labute approximate surface area is 134 Å². The summed E-state index contributed by atoms with van der Waals surface area (Å²) >= 11 is 9.33. The number of fused-ring (bicyclic) bond motifs is 1. The SMILES string of the molecule is Cc1cc(C(Br)C2CCOc3ccccc32)sc1Br. The first-order valence-corrected chi connectivity index (χ1v) is 8.81. The summed E-state index contributed by atoms with van der Waals surface area (Å²) < 4.78 is 6.97. The van der Waals surface area contributed by atoms with Crippen molar-refractivity contribution in [3.63, 3.8) is 0 Å². The zero-order valence-corrected chi connectivity index (χ0v) is 14.5. The van der Waals surface area contributed by atoms with E-state index in [9.17, 15) is 0 Å². The van der Waals surface area contributed by atoms with Crippen molar-refractivity contribution < 1.29 is 4.74 Å². The van der Waals surface area contributed by atoms with Crippen molar-refractivity contribution >= 4 is 43.2 Å². The highest BCUT2D eigenvalue weighted by molar-refractivity contribution is 9.11. The zero-order chi connectivity index (χ0) is 13.4. The summed E-state index contributed by atoms with van der Waals surface area (Å²) in [7, 11) is 0. The van der Waals surface area contributed by atoms with Crippen molar-refractivity contribution in [1.82, 2.24) is 0 Å².